The number of esters is 3. The zero-order chi connectivity index (χ0) is 50.7. The van der Waals surface area contributed by atoms with Crippen molar-refractivity contribution in [3.05, 3.63) is 109 Å². The molecule has 0 radical (unpaired) electrons. The highest BCUT2D eigenvalue weighted by atomic mass is 16.6. The van der Waals surface area contributed by atoms with Crippen molar-refractivity contribution >= 4 is 17.9 Å². The first-order valence-corrected chi connectivity index (χ1v) is 28.9. The van der Waals surface area contributed by atoms with Crippen molar-refractivity contribution in [2.24, 2.45) is 0 Å². The number of allylic oxidation sites excluding steroid dienone is 17. The van der Waals surface area contributed by atoms with Crippen molar-refractivity contribution in [2.75, 3.05) is 13.2 Å². The first kappa shape index (κ1) is 66.1. The van der Waals surface area contributed by atoms with Crippen LogP contribution in [0.5, 0.6) is 0 Å². The second-order valence-electron chi connectivity index (χ2n) is 18.8. The van der Waals surface area contributed by atoms with E-state index in [9.17, 15) is 14.4 Å². The minimum atomic E-state index is -0.831. The van der Waals surface area contributed by atoms with E-state index in [4.69, 9.17) is 14.2 Å². The Morgan fingerprint density at radius 3 is 0.943 bits per heavy atom. The molecule has 0 amide bonds. The predicted octanol–water partition coefficient (Wildman–Crippen LogP) is 19.5. The zero-order valence-electron chi connectivity index (χ0n) is 45.5. The molecular weight excluding hydrogens is 865 g/mol. The van der Waals surface area contributed by atoms with Crippen LogP contribution >= 0.6 is 0 Å². The summed E-state index contributed by atoms with van der Waals surface area (Å²) in [6.07, 6.45) is 78.4. The average Bonchev–Trinajstić information content (AvgIpc) is 3.36. The van der Waals surface area contributed by atoms with E-state index in [-0.39, 0.29) is 31.6 Å². The first-order chi connectivity index (χ1) is 34.5. The van der Waals surface area contributed by atoms with Crippen LogP contribution in [0.1, 0.15) is 258 Å². The number of ether oxygens (including phenoxy) is 3. The number of rotatable bonds is 51. The Balaban J connectivity index is 4.28. The molecule has 0 aromatic heterocycles. The van der Waals surface area contributed by atoms with E-state index in [0.29, 0.717) is 12.8 Å². The fourth-order valence-electron chi connectivity index (χ4n) is 7.80. The molecule has 6 nitrogen and oxygen atoms in total. The molecule has 0 aliphatic carbocycles. The number of hydrogen-bond acceptors (Lipinski definition) is 6. The van der Waals surface area contributed by atoms with Gasteiger partial charge in [-0.2, -0.15) is 0 Å². The van der Waals surface area contributed by atoms with E-state index in [1.54, 1.807) is 6.08 Å². The molecule has 0 aliphatic heterocycles. The third-order valence-corrected chi connectivity index (χ3v) is 12.1. The molecule has 0 rings (SSSR count). The predicted molar refractivity (Wildman–Crippen MR) is 302 cm³/mol. The van der Waals surface area contributed by atoms with Gasteiger partial charge in [-0.05, 0) is 83.5 Å². The van der Waals surface area contributed by atoms with Crippen molar-refractivity contribution < 1.29 is 28.6 Å². The van der Waals surface area contributed by atoms with E-state index in [1.165, 1.54) is 122 Å². The van der Waals surface area contributed by atoms with Crippen LogP contribution < -0.4 is 0 Å². The van der Waals surface area contributed by atoms with Gasteiger partial charge in [0.25, 0.3) is 0 Å². The lowest BCUT2D eigenvalue weighted by molar-refractivity contribution is -0.166. The maximum absolute atomic E-state index is 12.8. The standard InChI is InChI=1S/C64H106O6/c1-4-7-10-13-16-19-22-24-26-27-28-29-30-31-32-33-34-35-36-37-39-40-42-45-48-51-54-57-63(66)69-60-61(59-68-62(65)56-53-50-47-44-21-18-15-12-9-6-3)70-64(67)58-55-52-49-46-43-41-38-25-23-20-17-14-11-8-5-2/h7-8,10-11,16-17,19-20,24-26,28-29,38,43,46,52,55,61H,4-6,9,12-15,18,21-23,27,30-37,39-42,44-45,47-51,53-54,56-60H2,1-3H3/b10-7-,11-8-,19-16-,20-17-,26-24-,29-28-,38-25-,46-43-,55-52-. The molecule has 0 heterocycles. The van der Waals surface area contributed by atoms with Crippen LogP contribution in [0.25, 0.3) is 0 Å². The third kappa shape index (κ3) is 55.0. The second-order valence-corrected chi connectivity index (χ2v) is 18.8. The summed E-state index contributed by atoms with van der Waals surface area (Å²) in [4.78, 5) is 38.0. The average molecular weight is 972 g/mol. The molecule has 1 atom stereocenters. The maximum atomic E-state index is 12.8. The van der Waals surface area contributed by atoms with Gasteiger partial charge in [-0.3, -0.25) is 14.4 Å². The van der Waals surface area contributed by atoms with Gasteiger partial charge in [-0.15, -0.1) is 0 Å². The number of unbranched alkanes of at least 4 members (excludes halogenated alkanes) is 23. The smallest absolute Gasteiger partial charge is 0.310 e. The summed E-state index contributed by atoms with van der Waals surface area (Å²) in [7, 11) is 0. The van der Waals surface area contributed by atoms with Crippen LogP contribution in [0.3, 0.4) is 0 Å². The van der Waals surface area contributed by atoms with Crippen molar-refractivity contribution in [3.8, 4) is 0 Å². The number of hydrogen-bond donors (Lipinski definition) is 0. The topological polar surface area (TPSA) is 78.9 Å². The number of carbonyl (C=O) groups is 3. The van der Waals surface area contributed by atoms with Gasteiger partial charge in [-0.1, -0.05) is 265 Å². The molecule has 0 aromatic carbocycles. The van der Waals surface area contributed by atoms with Gasteiger partial charge in [0.1, 0.15) is 13.2 Å². The molecule has 70 heavy (non-hydrogen) atoms. The molecule has 0 spiro atoms. The first-order valence-electron chi connectivity index (χ1n) is 28.9. The van der Waals surface area contributed by atoms with Crippen LogP contribution in [0, 0.1) is 0 Å². The highest BCUT2D eigenvalue weighted by Gasteiger charge is 2.19. The molecule has 0 aromatic rings. The van der Waals surface area contributed by atoms with Gasteiger partial charge in [0.2, 0.25) is 0 Å². The van der Waals surface area contributed by atoms with E-state index >= 15 is 0 Å². The minimum absolute atomic E-state index is 0.0964. The van der Waals surface area contributed by atoms with E-state index in [2.05, 4.69) is 118 Å². The molecule has 398 valence electrons. The fourth-order valence-corrected chi connectivity index (χ4v) is 7.80. The van der Waals surface area contributed by atoms with Crippen LogP contribution in [0.2, 0.25) is 0 Å². The van der Waals surface area contributed by atoms with Gasteiger partial charge < -0.3 is 14.2 Å². The van der Waals surface area contributed by atoms with E-state index in [0.717, 1.165) is 96.3 Å². The van der Waals surface area contributed by atoms with Gasteiger partial charge in [-0.25, -0.2) is 0 Å². The fraction of sp³-hybridized carbons (Fsp3) is 0.672. The molecule has 0 saturated heterocycles. The van der Waals surface area contributed by atoms with Crippen molar-refractivity contribution in [2.45, 2.75) is 264 Å². The largest absolute Gasteiger partial charge is 0.462 e. The lowest BCUT2D eigenvalue weighted by Gasteiger charge is -2.18. The van der Waals surface area contributed by atoms with Gasteiger partial charge in [0, 0.05) is 12.8 Å². The van der Waals surface area contributed by atoms with Gasteiger partial charge >= 0.3 is 17.9 Å². The summed E-state index contributed by atoms with van der Waals surface area (Å²) in [5.41, 5.74) is 0. The normalized spacial score (nSPS) is 12.9. The SMILES string of the molecule is CC/C=C\C/C=C\C/C=C\C/C=C\C/C=C\CC(=O)OC(COC(=O)CCCCCCCCCCCC)COC(=O)CCCCCCCCCCCCCCCC/C=C\C/C=C\C/C=C\C/C=C\CC. The summed E-state index contributed by atoms with van der Waals surface area (Å²) >= 11 is 0. The molecule has 6 heteroatoms. The molecule has 0 saturated carbocycles. The Bertz CT molecular complexity index is 1440. The van der Waals surface area contributed by atoms with Crippen molar-refractivity contribution in [1.82, 2.24) is 0 Å². The van der Waals surface area contributed by atoms with Crippen LogP contribution in [-0.4, -0.2) is 37.2 Å². The highest BCUT2D eigenvalue weighted by Crippen LogP contribution is 2.15. The summed E-state index contributed by atoms with van der Waals surface area (Å²) in [5, 5.41) is 0. The minimum Gasteiger partial charge on any atom is -0.462 e. The Morgan fingerprint density at radius 2 is 0.600 bits per heavy atom. The Hall–Kier alpha value is -3.93. The van der Waals surface area contributed by atoms with Crippen LogP contribution in [0.15, 0.2) is 109 Å². The Labute approximate surface area is 431 Å². The lowest BCUT2D eigenvalue weighted by Crippen LogP contribution is -2.30. The second kappa shape index (κ2) is 57.6. The summed E-state index contributed by atoms with van der Waals surface area (Å²) in [6.45, 7) is 6.32. The van der Waals surface area contributed by atoms with E-state index in [1.807, 2.05) is 6.08 Å². The van der Waals surface area contributed by atoms with E-state index < -0.39 is 12.1 Å². The quantitative estimate of drug-likeness (QED) is 0.0262. The molecule has 0 aliphatic rings. The molecule has 0 fully saturated rings. The van der Waals surface area contributed by atoms with Gasteiger partial charge in [0.05, 0.1) is 6.42 Å². The summed E-state index contributed by atoms with van der Waals surface area (Å²) in [5.74, 6) is -1.05. The van der Waals surface area contributed by atoms with Crippen molar-refractivity contribution in [3.63, 3.8) is 0 Å². The lowest BCUT2D eigenvalue weighted by atomic mass is 10.0. The Kier molecular flexibility index (Phi) is 54.4. The van der Waals surface area contributed by atoms with Crippen molar-refractivity contribution in [1.29, 1.82) is 0 Å². The zero-order valence-corrected chi connectivity index (χ0v) is 45.5. The summed E-state index contributed by atoms with van der Waals surface area (Å²) < 4.78 is 16.7. The highest BCUT2D eigenvalue weighted by molar-refractivity contribution is 5.72. The Morgan fingerprint density at radius 1 is 0.314 bits per heavy atom. The van der Waals surface area contributed by atoms with Crippen LogP contribution in [0.4, 0.5) is 0 Å². The molecular formula is C64H106O6. The summed E-state index contributed by atoms with van der Waals surface area (Å²) in [6, 6.07) is 0. The number of carbonyl (C=O) groups excluding carboxylic acids is 3. The third-order valence-electron chi connectivity index (χ3n) is 12.1. The van der Waals surface area contributed by atoms with Crippen LogP contribution in [-0.2, 0) is 28.6 Å². The maximum Gasteiger partial charge on any atom is 0.310 e. The molecule has 1 unspecified atom stereocenters. The van der Waals surface area contributed by atoms with Gasteiger partial charge in [0.15, 0.2) is 6.10 Å². The molecule has 0 N–H and O–H groups in total. The monoisotopic (exact) mass is 971 g/mol. The molecule has 0 bridgehead atoms.